The SMILES string of the molecule is COc1cc(/C=C2\SC(=O)N(CC(=O)Nc3ccc(F)cc3)C2=O)cc(I)c1OCc1ccccc1. The molecule has 7 nitrogen and oxygen atoms in total. The number of anilines is 1. The van der Waals surface area contributed by atoms with Gasteiger partial charge in [0, 0.05) is 5.69 Å². The highest BCUT2D eigenvalue weighted by molar-refractivity contribution is 14.1. The summed E-state index contributed by atoms with van der Waals surface area (Å²) in [7, 11) is 1.53. The topological polar surface area (TPSA) is 84.9 Å². The molecule has 184 valence electrons. The van der Waals surface area contributed by atoms with Crippen LogP contribution in [-0.4, -0.2) is 35.6 Å². The van der Waals surface area contributed by atoms with Crippen LogP contribution in [0.25, 0.3) is 6.08 Å². The Morgan fingerprint density at radius 2 is 1.83 bits per heavy atom. The smallest absolute Gasteiger partial charge is 0.294 e. The fraction of sp³-hybridized carbons (Fsp3) is 0.115. The zero-order chi connectivity index (χ0) is 25.7. The molecule has 0 spiro atoms. The van der Waals surface area contributed by atoms with Crippen LogP contribution in [0.15, 0.2) is 71.6 Å². The van der Waals surface area contributed by atoms with Crippen LogP contribution in [0.3, 0.4) is 0 Å². The molecule has 1 saturated heterocycles. The third-order valence-electron chi connectivity index (χ3n) is 5.08. The van der Waals surface area contributed by atoms with Gasteiger partial charge in [-0.1, -0.05) is 30.3 Å². The molecule has 0 atom stereocenters. The Morgan fingerprint density at radius 3 is 2.53 bits per heavy atom. The number of rotatable bonds is 8. The quantitative estimate of drug-likeness (QED) is 0.258. The number of thioether (sulfide) groups is 1. The fourth-order valence-corrected chi connectivity index (χ4v) is 4.98. The molecule has 0 bridgehead atoms. The van der Waals surface area contributed by atoms with E-state index >= 15 is 0 Å². The molecule has 0 unspecified atom stereocenters. The number of methoxy groups -OCH3 is 1. The van der Waals surface area contributed by atoms with Gasteiger partial charge in [-0.15, -0.1) is 0 Å². The van der Waals surface area contributed by atoms with Crippen LogP contribution in [0, 0.1) is 9.39 Å². The lowest BCUT2D eigenvalue weighted by molar-refractivity contribution is -0.127. The van der Waals surface area contributed by atoms with Crippen LogP contribution in [-0.2, 0) is 16.2 Å². The minimum Gasteiger partial charge on any atom is -0.493 e. The molecule has 3 aromatic carbocycles. The first kappa shape index (κ1) is 25.7. The molecular formula is C26H20FIN2O5S. The van der Waals surface area contributed by atoms with Gasteiger partial charge in [-0.25, -0.2) is 4.39 Å². The summed E-state index contributed by atoms with van der Waals surface area (Å²) >= 11 is 2.88. The van der Waals surface area contributed by atoms with E-state index in [0.29, 0.717) is 29.4 Å². The number of benzene rings is 3. The third kappa shape index (κ3) is 6.24. The zero-order valence-electron chi connectivity index (χ0n) is 19.0. The highest BCUT2D eigenvalue weighted by Gasteiger charge is 2.36. The molecule has 0 saturated carbocycles. The molecule has 1 heterocycles. The lowest BCUT2D eigenvalue weighted by Gasteiger charge is -2.14. The summed E-state index contributed by atoms with van der Waals surface area (Å²) < 4.78 is 25.3. The van der Waals surface area contributed by atoms with Crippen molar-refractivity contribution in [1.82, 2.24) is 4.90 Å². The number of hydrogen-bond donors (Lipinski definition) is 1. The normalized spacial score (nSPS) is 14.3. The molecule has 3 amide bonds. The molecule has 10 heteroatoms. The number of amides is 3. The highest BCUT2D eigenvalue weighted by Crippen LogP contribution is 2.37. The van der Waals surface area contributed by atoms with Crippen LogP contribution in [0.1, 0.15) is 11.1 Å². The number of hydrogen-bond acceptors (Lipinski definition) is 6. The third-order valence-corrected chi connectivity index (χ3v) is 6.79. The lowest BCUT2D eigenvalue weighted by atomic mass is 10.1. The molecule has 1 fully saturated rings. The van der Waals surface area contributed by atoms with Crippen molar-refractivity contribution < 1.29 is 28.2 Å². The van der Waals surface area contributed by atoms with Crippen molar-refractivity contribution >= 4 is 63.2 Å². The van der Waals surface area contributed by atoms with Gasteiger partial charge in [0.05, 0.1) is 15.6 Å². The molecule has 1 aliphatic heterocycles. The first-order chi connectivity index (χ1) is 17.3. The monoisotopic (exact) mass is 618 g/mol. The van der Waals surface area contributed by atoms with Crippen LogP contribution < -0.4 is 14.8 Å². The predicted molar refractivity (Wildman–Crippen MR) is 144 cm³/mol. The van der Waals surface area contributed by atoms with Gasteiger partial charge in [-0.2, -0.15) is 0 Å². The summed E-state index contributed by atoms with van der Waals surface area (Å²) in [4.78, 5) is 38.7. The van der Waals surface area contributed by atoms with Gasteiger partial charge in [-0.3, -0.25) is 19.3 Å². The molecule has 36 heavy (non-hydrogen) atoms. The number of imide groups is 1. The van der Waals surface area contributed by atoms with Gasteiger partial charge in [-0.05, 0) is 88.0 Å². The number of nitrogens with zero attached hydrogens (tertiary/aromatic N) is 1. The zero-order valence-corrected chi connectivity index (χ0v) is 22.0. The van der Waals surface area contributed by atoms with E-state index < -0.39 is 29.4 Å². The Kier molecular flexibility index (Phi) is 8.26. The average Bonchev–Trinajstić information content (AvgIpc) is 3.12. The first-order valence-electron chi connectivity index (χ1n) is 10.7. The van der Waals surface area contributed by atoms with Crippen molar-refractivity contribution in [3.8, 4) is 11.5 Å². The van der Waals surface area contributed by atoms with E-state index in [1.807, 2.05) is 36.4 Å². The van der Waals surface area contributed by atoms with Crippen LogP contribution in [0.4, 0.5) is 14.9 Å². The maximum Gasteiger partial charge on any atom is 0.294 e. The van der Waals surface area contributed by atoms with Crippen molar-refractivity contribution in [1.29, 1.82) is 0 Å². The van der Waals surface area contributed by atoms with E-state index in [4.69, 9.17) is 9.47 Å². The second-order valence-electron chi connectivity index (χ2n) is 7.63. The van der Waals surface area contributed by atoms with Crippen molar-refractivity contribution in [2.45, 2.75) is 6.61 Å². The molecule has 1 aliphatic rings. The summed E-state index contributed by atoms with van der Waals surface area (Å²) in [5, 5.41) is 1.99. The minimum absolute atomic E-state index is 0.186. The van der Waals surface area contributed by atoms with Gasteiger partial charge < -0.3 is 14.8 Å². The van der Waals surface area contributed by atoms with Crippen molar-refractivity contribution in [3.63, 3.8) is 0 Å². The second-order valence-corrected chi connectivity index (χ2v) is 9.79. The average molecular weight is 618 g/mol. The number of carbonyl (C=O) groups excluding carboxylic acids is 3. The van der Waals surface area contributed by atoms with Crippen LogP contribution in [0.5, 0.6) is 11.5 Å². The molecular weight excluding hydrogens is 598 g/mol. The Labute approximate surface area is 224 Å². The largest absolute Gasteiger partial charge is 0.493 e. The maximum absolute atomic E-state index is 13.0. The van der Waals surface area contributed by atoms with E-state index in [1.165, 1.54) is 31.4 Å². The summed E-state index contributed by atoms with van der Waals surface area (Å²) in [5.74, 6) is -0.517. The summed E-state index contributed by atoms with van der Waals surface area (Å²) in [6, 6.07) is 18.4. The fourth-order valence-electron chi connectivity index (χ4n) is 3.36. The van der Waals surface area contributed by atoms with E-state index in [2.05, 4.69) is 27.9 Å². The Bertz CT molecular complexity index is 1330. The van der Waals surface area contributed by atoms with Gasteiger partial charge in [0.15, 0.2) is 11.5 Å². The minimum atomic E-state index is -0.572. The van der Waals surface area contributed by atoms with Gasteiger partial charge >= 0.3 is 0 Å². The number of ether oxygens (including phenoxy) is 2. The molecule has 3 aromatic rings. The van der Waals surface area contributed by atoms with E-state index in [-0.39, 0.29) is 4.91 Å². The standard InChI is InChI=1S/C26H20FIN2O5S/c1-34-21-12-17(11-20(28)24(21)35-15-16-5-3-2-4-6-16)13-22-25(32)30(26(33)36-22)14-23(31)29-19-9-7-18(27)8-10-19/h2-13H,14-15H2,1H3,(H,29,31)/b22-13-. The summed E-state index contributed by atoms with van der Waals surface area (Å²) in [6.45, 7) is -0.0854. The molecule has 0 aromatic heterocycles. The number of nitrogens with one attached hydrogen (secondary N) is 1. The van der Waals surface area contributed by atoms with Gasteiger partial charge in [0.25, 0.3) is 11.1 Å². The van der Waals surface area contributed by atoms with Gasteiger partial charge in [0.2, 0.25) is 5.91 Å². The number of carbonyl (C=O) groups is 3. The molecule has 0 aliphatic carbocycles. The highest BCUT2D eigenvalue weighted by atomic mass is 127. The van der Waals surface area contributed by atoms with E-state index in [0.717, 1.165) is 25.8 Å². The molecule has 1 N–H and O–H groups in total. The van der Waals surface area contributed by atoms with Crippen molar-refractivity contribution in [2.75, 3.05) is 19.0 Å². The van der Waals surface area contributed by atoms with E-state index in [9.17, 15) is 18.8 Å². The lowest BCUT2D eigenvalue weighted by Crippen LogP contribution is -2.36. The van der Waals surface area contributed by atoms with E-state index in [1.54, 1.807) is 12.1 Å². The predicted octanol–water partition coefficient (Wildman–Crippen LogP) is 5.69. The Hall–Kier alpha value is -3.38. The number of halogens is 2. The van der Waals surface area contributed by atoms with Gasteiger partial charge in [0.1, 0.15) is 19.0 Å². The van der Waals surface area contributed by atoms with Crippen LogP contribution >= 0.6 is 34.4 Å². The molecule has 0 radical (unpaired) electrons. The first-order valence-corrected chi connectivity index (χ1v) is 12.6. The Morgan fingerprint density at radius 1 is 1.11 bits per heavy atom. The summed E-state index contributed by atoms with van der Waals surface area (Å²) in [6.07, 6.45) is 1.58. The molecule has 4 rings (SSSR count). The van der Waals surface area contributed by atoms with Crippen molar-refractivity contribution in [3.05, 3.63) is 92.1 Å². The van der Waals surface area contributed by atoms with Crippen LogP contribution in [0.2, 0.25) is 0 Å². The maximum atomic E-state index is 13.0. The Balaban J connectivity index is 1.46. The van der Waals surface area contributed by atoms with Crippen molar-refractivity contribution in [2.24, 2.45) is 0 Å². The second kappa shape index (κ2) is 11.6. The summed E-state index contributed by atoms with van der Waals surface area (Å²) in [5.41, 5.74) is 2.02.